The Kier molecular flexibility index (Phi) is 2.29. The Morgan fingerprint density at radius 1 is 1.90 bits per heavy atom. The number of hydrazone groups is 1. The molecule has 0 aromatic heterocycles. The monoisotopic (exact) mass is 159 g/mol. The van der Waals surface area contributed by atoms with E-state index in [1.165, 1.54) is 5.01 Å². The maximum atomic E-state index is 10.9. The van der Waals surface area contributed by atoms with Crippen LogP contribution in [-0.2, 0) is 4.79 Å². The summed E-state index contributed by atoms with van der Waals surface area (Å²) in [5.74, 6) is 0.492. The summed E-state index contributed by atoms with van der Waals surface area (Å²) >= 11 is 1.10. The molecule has 1 heterocycles. The average Bonchev–Trinajstić information content (AvgIpc) is 2.13. The molecule has 0 unspecified atom stereocenters. The molecule has 10 heavy (non-hydrogen) atoms. The van der Waals surface area contributed by atoms with E-state index in [0.29, 0.717) is 12.3 Å². The average molecular weight is 159 g/mol. The van der Waals surface area contributed by atoms with Gasteiger partial charge in [-0.3, -0.25) is 9.93 Å². The molecular weight excluding hydrogens is 150 g/mol. The minimum atomic E-state index is 0.0375. The normalized spacial score (nSPS) is 18.0. The van der Waals surface area contributed by atoms with Gasteiger partial charge in [-0.25, -0.2) is 5.01 Å². The Balaban J connectivity index is 2.52. The quantitative estimate of drug-likeness (QED) is 0.584. The van der Waals surface area contributed by atoms with Crippen molar-refractivity contribution in [1.82, 2.24) is 5.01 Å². The van der Waals surface area contributed by atoms with Crippen LogP contribution in [0.4, 0.5) is 0 Å². The number of rotatable bonds is 2. The van der Waals surface area contributed by atoms with E-state index in [2.05, 4.69) is 5.10 Å². The predicted octanol–water partition coefficient (Wildman–Crippen LogP) is 0.159. The largest absolute Gasteiger partial charge is 0.276 e. The Morgan fingerprint density at radius 3 is 3.00 bits per heavy atom. The fourth-order valence-electron chi connectivity index (χ4n) is 0.779. The van der Waals surface area contributed by atoms with Crippen molar-refractivity contribution in [2.24, 2.45) is 10.2 Å². The summed E-state index contributed by atoms with van der Waals surface area (Å²) in [5, 5.41) is 10.5. The first-order chi connectivity index (χ1) is 4.74. The number of nitrogens with zero attached hydrogens (tertiary/aromatic N) is 2. The molecule has 1 aliphatic heterocycles. The van der Waals surface area contributed by atoms with Crippen LogP contribution in [0.3, 0.4) is 0 Å². The second-order valence-corrected chi connectivity index (χ2v) is 2.69. The van der Waals surface area contributed by atoms with Crippen molar-refractivity contribution in [3.63, 3.8) is 0 Å². The first kappa shape index (κ1) is 7.56. The predicted molar refractivity (Wildman–Crippen MR) is 41.2 cm³/mol. The number of nitrogens with two attached hydrogens (primary N) is 1. The summed E-state index contributed by atoms with van der Waals surface area (Å²) < 4.78 is 0. The summed E-state index contributed by atoms with van der Waals surface area (Å²) in [6, 6.07) is 0. The van der Waals surface area contributed by atoms with Crippen molar-refractivity contribution in [2.75, 3.05) is 5.88 Å². The number of carbonyl (C=O) groups excluding carboxylic acids is 1. The van der Waals surface area contributed by atoms with Gasteiger partial charge in [0.25, 0.3) is 0 Å². The summed E-state index contributed by atoms with van der Waals surface area (Å²) in [7, 11) is 0. The third-order valence-electron chi connectivity index (χ3n) is 1.18. The van der Waals surface area contributed by atoms with E-state index in [-0.39, 0.29) is 5.91 Å². The lowest BCUT2D eigenvalue weighted by molar-refractivity contribution is -0.127. The highest BCUT2D eigenvalue weighted by atomic mass is 32.2. The van der Waals surface area contributed by atoms with Crippen molar-refractivity contribution in [2.45, 2.75) is 13.3 Å². The molecule has 0 saturated carbocycles. The lowest BCUT2D eigenvalue weighted by Gasteiger charge is -2.07. The highest BCUT2D eigenvalue weighted by Gasteiger charge is 2.19. The number of hydrogen-bond donors (Lipinski definition) is 1. The second-order valence-electron chi connectivity index (χ2n) is 2.10. The van der Waals surface area contributed by atoms with Gasteiger partial charge >= 0.3 is 0 Å². The van der Waals surface area contributed by atoms with Crippen LogP contribution in [0.1, 0.15) is 13.3 Å². The minimum absolute atomic E-state index is 0.0375. The van der Waals surface area contributed by atoms with E-state index in [1.54, 1.807) is 0 Å². The molecule has 0 spiro atoms. The molecule has 0 bridgehead atoms. The summed E-state index contributed by atoms with van der Waals surface area (Å²) in [4.78, 5) is 10.9. The van der Waals surface area contributed by atoms with E-state index in [1.807, 2.05) is 6.92 Å². The van der Waals surface area contributed by atoms with Crippen LogP contribution in [0.2, 0.25) is 0 Å². The van der Waals surface area contributed by atoms with Gasteiger partial charge in [0, 0.05) is 5.71 Å². The highest BCUT2D eigenvalue weighted by molar-refractivity contribution is 7.97. The van der Waals surface area contributed by atoms with Gasteiger partial charge in [0.15, 0.2) is 0 Å². The van der Waals surface area contributed by atoms with Crippen molar-refractivity contribution in [3.8, 4) is 0 Å². The maximum Gasteiger partial charge on any atom is 0.249 e. The molecule has 2 N–H and O–H groups in total. The number of carbonyl (C=O) groups is 1. The van der Waals surface area contributed by atoms with E-state index in [0.717, 1.165) is 17.7 Å². The van der Waals surface area contributed by atoms with Gasteiger partial charge in [0.1, 0.15) is 5.88 Å². The molecular formula is C5H9N3OS. The molecule has 5 heteroatoms. The Bertz CT molecular complexity index is 180. The van der Waals surface area contributed by atoms with Crippen LogP contribution < -0.4 is 5.14 Å². The van der Waals surface area contributed by atoms with Gasteiger partial charge in [-0.1, -0.05) is 11.9 Å². The van der Waals surface area contributed by atoms with E-state index in [4.69, 9.17) is 5.14 Å². The summed E-state index contributed by atoms with van der Waals surface area (Å²) in [6.07, 6.45) is 0.445. The molecule has 0 aromatic carbocycles. The zero-order valence-corrected chi connectivity index (χ0v) is 6.52. The fourth-order valence-corrected chi connectivity index (χ4v) is 1.12. The Hall–Kier alpha value is -0.550. The van der Waals surface area contributed by atoms with Crippen LogP contribution in [0, 0.1) is 0 Å². The Morgan fingerprint density at radius 2 is 2.60 bits per heavy atom. The molecule has 56 valence electrons. The number of hydrogen-bond acceptors (Lipinski definition) is 4. The van der Waals surface area contributed by atoms with Crippen LogP contribution >= 0.6 is 11.9 Å². The minimum Gasteiger partial charge on any atom is -0.276 e. The van der Waals surface area contributed by atoms with Gasteiger partial charge in [0.05, 0.1) is 6.42 Å². The van der Waals surface area contributed by atoms with Crippen molar-refractivity contribution >= 4 is 23.6 Å². The molecule has 1 amide bonds. The topological polar surface area (TPSA) is 58.7 Å². The molecule has 0 aliphatic carbocycles. The van der Waals surface area contributed by atoms with Crippen LogP contribution in [0.15, 0.2) is 5.10 Å². The van der Waals surface area contributed by atoms with E-state index < -0.39 is 0 Å². The third kappa shape index (κ3) is 1.48. The van der Waals surface area contributed by atoms with Gasteiger partial charge in [-0.15, -0.1) is 0 Å². The van der Waals surface area contributed by atoms with Crippen LogP contribution in [0.25, 0.3) is 0 Å². The second kappa shape index (κ2) is 3.03. The third-order valence-corrected chi connectivity index (χ3v) is 1.58. The molecule has 1 aliphatic rings. The van der Waals surface area contributed by atoms with E-state index >= 15 is 0 Å². The standard InChI is InChI=1S/C5H9N3OS/c1-4-2-5(9)8(7-4)3-10-6/h2-3,6H2,1H3. The van der Waals surface area contributed by atoms with Gasteiger partial charge in [-0.05, 0) is 6.92 Å². The van der Waals surface area contributed by atoms with Gasteiger partial charge in [-0.2, -0.15) is 5.10 Å². The van der Waals surface area contributed by atoms with Gasteiger partial charge < -0.3 is 0 Å². The first-order valence-corrected chi connectivity index (χ1v) is 3.95. The molecule has 4 nitrogen and oxygen atoms in total. The smallest absolute Gasteiger partial charge is 0.249 e. The number of amides is 1. The zero-order valence-electron chi connectivity index (χ0n) is 5.70. The summed E-state index contributed by atoms with van der Waals surface area (Å²) in [6.45, 7) is 1.83. The molecule has 0 saturated heterocycles. The van der Waals surface area contributed by atoms with Crippen molar-refractivity contribution < 1.29 is 4.79 Å². The van der Waals surface area contributed by atoms with Crippen LogP contribution in [0.5, 0.6) is 0 Å². The first-order valence-electron chi connectivity index (χ1n) is 2.90. The maximum absolute atomic E-state index is 10.9. The molecule has 1 rings (SSSR count). The lowest BCUT2D eigenvalue weighted by atomic mass is 10.3. The molecule has 0 radical (unpaired) electrons. The summed E-state index contributed by atoms with van der Waals surface area (Å²) in [5.41, 5.74) is 0.860. The lowest BCUT2D eigenvalue weighted by Crippen LogP contribution is -2.20. The van der Waals surface area contributed by atoms with E-state index in [9.17, 15) is 4.79 Å². The highest BCUT2D eigenvalue weighted by Crippen LogP contribution is 2.09. The van der Waals surface area contributed by atoms with Crippen molar-refractivity contribution in [3.05, 3.63) is 0 Å². The Labute approximate surface area is 63.6 Å². The SMILES string of the molecule is CC1=NN(CSN)C(=O)C1. The molecule has 0 atom stereocenters. The molecule has 0 aromatic rings. The molecule has 0 fully saturated rings. The van der Waals surface area contributed by atoms with Crippen molar-refractivity contribution in [1.29, 1.82) is 0 Å². The zero-order chi connectivity index (χ0) is 7.56. The van der Waals surface area contributed by atoms with Crippen LogP contribution in [-0.4, -0.2) is 22.5 Å². The fraction of sp³-hybridized carbons (Fsp3) is 0.600. The van der Waals surface area contributed by atoms with Gasteiger partial charge in [0.2, 0.25) is 5.91 Å².